The maximum absolute atomic E-state index is 6.37. The largest absolute Gasteiger partial charge is 0.456 e. The van der Waals surface area contributed by atoms with Crippen LogP contribution in [0.3, 0.4) is 0 Å². The first-order valence-corrected chi connectivity index (χ1v) is 19.8. The third kappa shape index (κ3) is 5.22. The zero-order valence-electron chi connectivity index (χ0n) is 32.7. The molecule has 2 aliphatic rings. The van der Waals surface area contributed by atoms with E-state index in [4.69, 9.17) is 4.42 Å². The summed E-state index contributed by atoms with van der Waals surface area (Å²) in [6.45, 7) is 14.5. The SMILES string of the molecule is CC1(C)CCC(C)(C)c2c(-c3cc4c(cc3N(c3ccc(-c5ccccc5)cc3)c3ccc5oc6ccccc6c5c3)C(C)(C)c3ccccc3-4)cccc21. The van der Waals surface area contributed by atoms with Gasteiger partial charge in [0.2, 0.25) is 0 Å². The number of hydrogen-bond donors (Lipinski definition) is 0. The number of hydrogen-bond acceptors (Lipinski definition) is 2. The van der Waals surface area contributed by atoms with Gasteiger partial charge in [0.15, 0.2) is 0 Å². The van der Waals surface area contributed by atoms with Crippen LogP contribution in [0.4, 0.5) is 17.1 Å². The van der Waals surface area contributed by atoms with Crippen LogP contribution in [0, 0.1) is 0 Å². The summed E-state index contributed by atoms with van der Waals surface area (Å²) < 4.78 is 6.37. The monoisotopic (exact) mass is 713 g/mol. The molecule has 2 aliphatic carbocycles. The Morgan fingerprint density at radius 3 is 1.89 bits per heavy atom. The Hall–Kier alpha value is -5.86. The summed E-state index contributed by atoms with van der Waals surface area (Å²) in [5.74, 6) is 0. The van der Waals surface area contributed by atoms with Crippen molar-refractivity contribution in [2.75, 3.05) is 4.90 Å². The molecule has 0 radical (unpaired) electrons. The average molecular weight is 714 g/mol. The second-order valence-electron chi connectivity index (χ2n) is 17.6. The van der Waals surface area contributed by atoms with E-state index in [1.165, 1.54) is 67.7 Å². The van der Waals surface area contributed by atoms with Gasteiger partial charge in [-0.15, -0.1) is 0 Å². The van der Waals surface area contributed by atoms with E-state index < -0.39 is 0 Å². The number of benzene rings is 7. The number of rotatable bonds is 5. The summed E-state index contributed by atoms with van der Waals surface area (Å²) in [6.07, 6.45) is 2.32. The Labute approximate surface area is 325 Å². The van der Waals surface area contributed by atoms with Crippen molar-refractivity contribution < 1.29 is 4.42 Å². The lowest BCUT2D eigenvalue weighted by Crippen LogP contribution is -2.34. The predicted octanol–water partition coefficient (Wildman–Crippen LogP) is 15.0. The van der Waals surface area contributed by atoms with Gasteiger partial charge in [-0.3, -0.25) is 0 Å². The number of furan rings is 1. The van der Waals surface area contributed by atoms with Crippen LogP contribution in [0.5, 0.6) is 0 Å². The Morgan fingerprint density at radius 1 is 0.436 bits per heavy atom. The van der Waals surface area contributed by atoms with Gasteiger partial charge >= 0.3 is 0 Å². The van der Waals surface area contributed by atoms with E-state index in [-0.39, 0.29) is 16.2 Å². The zero-order chi connectivity index (χ0) is 37.7. The molecule has 0 N–H and O–H groups in total. The molecule has 0 saturated carbocycles. The molecule has 0 bridgehead atoms. The minimum absolute atomic E-state index is 0.0195. The van der Waals surface area contributed by atoms with Crippen LogP contribution in [-0.4, -0.2) is 0 Å². The molecule has 10 rings (SSSR count). The van der Waals surface area contributed by atoms with Crippen LogP contribution in [0.1, 0.15) is 76.6 Å². The van der Waals surface area contributed by atoms with Crippen LogP contribution in [-0.2, 0) is 16.2 Å². The van der Waals surface area contributed by atoms with Crippen molar-refractivity contribution in [1.82, 2.24) is 0 Å². The molecule has 8 aromatic rings. The molecule has 0 aliphatic heterocycles. The van der Waals surface area contributed by atoms with Gasteiger partial charge in [-0.25, -0.2) is 0 Å². The fourth-order valence-corrected chi connectivity index (χ4v) is 9.81. The summed E-state index contributed by atoms with van der Waals surface area (Å²) in [4.78, 5) is 2.50. The average Bonchev–Trinajstić information content (AvgIpc) is 3.68. The molecule has 2 nitrogen and oxygen atoms in total. The Kier molecular flexibility index (Phi) is 7.39. The highest BCUT2D eigenvalue weighted by Gasteiger charge is 2.41. The third-order valence-corrected chi connectivity index (χ3v) is 12.9. The molecule has 1 heterocycles. The molecule has 0 unspecified atom stereocenters. The number of anilines is 3. The van der Waals surface area contributed by atoms with Gasteiger partial charge in [-0.2, -0.15) is 0 Å². The number of nitrogens with zero attached hydrogens (tertiary/aromatic N) is 1. The molecule has 55 heavy (non-hydrogen) atoms. The molecule has 1 aromatic heterocycles. The van der Waals surface area contributed by atoms with E-state index >= 15 is 0 Å². The summed E-state index contributed by atoms with van der Waals surface area (Å²) in [5, 5.41) is 2.25. The lowest BCUT2D eigenvalue weighted by Gasteiger charge is -2.43. The van der Waals surface area contributed by atoms with E-state index in [1.54, 1.807) is 0 Å². The van der Waals surface area contributed by atoms with Gasteiger partial charge in [0.25, 0.3) is 0 Å². The number of para-hydroxylation sites is 1. The molecule has 2 heteroatoms. The van der Waals surface area contributed by atoms with E-state index in [9.17, 15) is 0 Å². The fourth-order valence-electron chi connectivity index (χ4n) is 9.81. The van der Waals surface area contributed by atoms with Crippen molar-refractivity contribution in [2.45, 2.75) is 70.6 Å². The van der Waals surface area contributed by atoms with Gasteiger partial charge in [-0.1, -0.05) is 145 Å². The smallest absolute Gasteiger partial charge is 0.135 e. The van der Waals surface area contributed by atoms with Crippen molar-refractivity contribution in [3.63, 3.8) is 0 Å². The fraction of sp³-hybridized carbons (Fsp3) is 0.208. The molecule has 0 saturated heterocycles. The third-order valence-electron chi connectivity index (χ3n) is 12.9. The maximum Gasteiger partial charge on any atom is 0.135 e. The van der Waals surface area contributed by atoms with E-state index in [0.29, 0.717) is 0 Å². The van der Waals surface area contributed by atoms with Crippen LogP contribution in [0.15, 0.2) is 156 Å². The van der Waals surface area contributed by atoms with Crippen molar-refractivity contribution in [3.05, 3.63) is 174 Å². The minimum Gasteiger partial charge on any atom is -0.456 e. The first kappa shape index (κ1) is 33.7. The molecule has 270 valence electrons. The van der Waals surface area contributed by atoms with Gasteiger partial charge in [0, 0.05) is 33.1 Å². The van der Waals surface area contributed by atoms with Gasteiger partial charge in [0.05, 0.1) is 5.69 Å². The lowest BCUT2D eigenvalue weighted by atomic mass is 9.61. The van der Waals surface area contributed by atoms with Crippen molar-refractivity contribution in [2.24, 2.45) is 0 Å². The Morgan fingerprint density at radius 2 is 1.07 bits per heavy atom. The Bertz CT molecular complexity index is 2780. The maximum atomic E-state index is 6.37. The summed E-state index contributed by atoms with van der Waals surface area (Å²) in [5.41, 5.74) is 18.5. The molecule has 7 aromatic carbocycles. The van der Waals surface area contributed by atoms with E-state index in [1.807, 2.05) is 6.07 Å². The standard InChI is InChI=1S/C53H47NO/c1-51(2)29-30-52(3,4)50-40(19-14-21-45(50)51)42-32-41-38-17-10-12-20-44(38)53(5,6)46(41)33-47(42)54(36-25-23-35(24-26-36)34-15-8-7-9-16-34)37-27-28-49-43(31-37)39-18-11-13-22-48(39)55-49/h7-28,31-33H,29-30H2,1-6H3. The highest BCUT2D eigenvalue weighted by atomic mass is 16.3. The number of fused-ring (bicyclic) bond motifs is 7. The first-order valence-electron chi connectivity index (χ1n) is 19.8. The van der Waals surface area contributed by atoms with Crippen molar-refractivity contribution in [1.29, 1.82) is 0 Å². The topological polar surface area (TPSA) is 16.4 Å². The summed E-state index contributed by atoms with van der Waals surface area (Å²) in [7, 11) is 0. The van der Waals surface area contributed by atoms with Gasteiger partial charge in [0.1, 0.15) is 11.2 Å². The van der Waals surface area contributed by atoms with Crippen molar-refractivity contribution in [3.8, 4) is 33.4 Å². The quantitative estimate of drug-likeness (QED) is 0.177. The van der Waals surface area contributed by atoms with E-state index in [0.717, 1.165) is 39.7 Å². The van der Waals surface area contributed by atoms with Crippen molar-refractivity contribution >= 4 is 39.0 Å². The van der Waals surface area contributed by atoms with Crippen LogP contribution in [0.2, 0.25) is 0 Å². The minimum atomic E-state index is -0.163. The van der Waals surface area contributed by atoms with Gasteiger partial charge in [-0.05, 0) is 122 Å². The highest BCUT2D eigenvalue weighted by Crippen LogP contribution is 2.56. The highest BCUT2D eigenvalue weighted by molar-refractivity contribution is 6.07. The molecular formula is C53H47NO. The Balaban J connectivity index is 1.29. The first-order chi connectivity index (χ1) is 26.5. The van der Waals surface area contributed by atoms with Crippen LogP contribution < -0.4 is 4.90 Å². The predicted molar refractivity (Wildman–Crippen MR) is 232 cm³/mol. The van der Waals surface area contributed by atoms with E-state index in [2.05, 4.69) is 192 Å². The molecule has 0 spiro atoms. The molecule has 0 amide bonds. The summed E-state index contributed by atoms with van der Waals surface area (Å²) >= 11 is 0. The second kappa shape index (κ2) is 12.1. The normalized spacial score (nSPS) is 16.1. The second-order valence-corrected chi connectivity index (χ2v) is 17.6. The zero-order valence-corrected chi connectivity index (χ0v) is 32.7. The summed E-state index contributed by atoms with van der Waals surface area (Å²) in [6, 6.07) is 56.1. The lowest BCUT2D eigenvalue weighted by molar-refractivity contribution is 0.333. The molecular weight excluding hydrogens is 667 g/mol. The van der Waals surface area contributed by atoms with Gasteiger partial charge < -0.3 is 9.32 Å². The molecule has 0 fully saturated rings. The van der Waals surface area contributed by atoms with Crippen LogP contribution in [0.25, 0.3) is 55.3 Å². The molecule has 0 atom stereocenters. The van der Waals surface area contributed by atoms with Crippen LogP contribution >= 0.6 is 0 Å².